The quantitative estimate of drug-likeness (QED) is 0.656. The summed E-state index contributed by atoms with van der Waals surface area (Å²) < 4.78 is 6.74. The average molecular weight is 421 g/mol. The van der Waals surface area contributed by atoms with Gasteiger partial charge in [-0.3, -0.25) is 0 Å². The summed E-state index contributed by atoms with van der Waals surface area (Å²) in [4.78, 5) is 11.2. The topological polar surface area (TPSA) is 86.1 Å². The molecule has 0 bridgehead atoms. The maximum Gasteiger partial charge on any atom is 0.222 e. The monoisotopic (exact) mass is 420 g/mol. The van der Waals surface area contributed by atoms with E-state index in [9.17, 15) is 0 Å². The van der Waals surface area contributed by atoms with Crippen LogP contribution < -0.4 is 16.2 Å². The van der Waals surface area contributed by atoms with Gasteiger partial charge in [-0.15, -0.1) is 0 Å². The highest BCUT2D eigenvalue weighted by Gasteiger charge is 2.57. The van der Waals surface area contributed by atoms with E-state index in [1.165, 1.54) is 0 Å². The van der Waals surface area contributed by atoms with Gasteiger partial charge in [-0.1, -0.05) is 39.0 Å². The van der Waals surface area contributed by atoms with Gasteiger partial charge in [0.05, 0.1) is 5.56 Å². The Morgan fingerprint density at radius 2 is 1.87 bits per heavy atom. The number of hydrogen-bond donors (Lipinski definition) is 2. The van der Waals surface area contributed by atoms with Crippen LogP contribution >= 0.6 is 0 Å². The van der Waals surface area contributed by atoms with Crippen molar-refractivity contribution >= 4 is 11.6 Å². The number of fused-ring (bicyclic) bond motifs is 2. The highest BCUT2D eigenvalue weighted by Crippen LogP contribution is 2.57. The van der Waals surface area contributed by atoms with Crippen molar-refractivity contribution in [1.29, 1.82) is 0 Å². The van der Waals surface area contributed by atoms with Crippen LogP contribution in [0.5, 0.6) is 5.75 Å². The molecular formula is C25H32N4O2. The normalized spacial score (nSPS) is 29.9. The summed E-state index contributed by atoms with van der Waals surface area (Å²) in [5.41, 5.74) is 15.0. The largest absolute Gasteiger partial charge is 0.487 e. The highest BCUT2D eigenvalue weighted by atomic mass is 16.7. The number of nitrogens with zero attached hydrogens (tertiary/aromatic N) is 2. The molecular weight excluding hydrogens is 388 g/mol. The van der Waals surface area contributed by atoms with E-state index in [0.29, 0.717) is 18.3 Å². The number of hydroxylamine groups is 2. The molecule has 6 nitrogen and oxygen atoms in total. The van der Waals surface area contributed by atoms with Crippen LogP contribution in [0.1, 0.15) is 52.0 Å². The third kappa shape index (κ3) is 3.33. The zero-order valence-corrected chi connectivity index (χ0v) is 18.8. The molecule has 0 radical (unpaired) electrons. The number of anilines is 1. The van der Waals surface area contributed by atoms with Crippen LogP contribution in [-0.2, 0) is 10.6 Å². The first kappa shape index (κ1) is 20.2. The van der Waals surface area contributed by atoms with Crippen molar-refractivity contribution in [1.82, 2.24) is 5.06 Å². The number of nitrogen functional groups attached to an aromatic ring is 1. The average Bonchev–Trinajstić information content (AvgIpc) is 3.22. The first-order valence-electron chi connectivity index (χ1n) is 11.1. The molecule has 0 saturated heterocycles. The summed E-state index contributed by atoms with van der Waals surface area (Å²) >= 11 is 0. The molecule has 2 aromatic rings. The third-order valence-electron chi connectivity index (χ3n) is 7.21. The molecule has 5 rings (SSSR count). The van der Waals surface area contributed by atoms with Crippen LogP contribution in [0.4, 0.5) is 5.69 Å². The lowest BCUT2D eigenvalue weighted by Crippen LogP contribution is -2.47. The lowest BCUT2D eigenvalue weighted by Gasteiger charge is -2.44. The van der Waals surface area contributed by atoms with Crippen LogP contribution in [0, 0.1) is 11.3 Å². The van der Waals surface area contributed by atoms with E-state index in [0.717, 1.165) is 47.4 Å². The Hall–Kier alpha value is -2.73. The molecule has 2 aliphatic heterocycles. The summed E-state index contributed by atoms with van der Waals surface area (Å²) in [6, 6.07) is 14.1. The van der Waals surface area contributed by atoms with Gasteiger partial charge in [-0.2, -0.15) is 0 Å². The fourth-order valence-electron chi connectivity index (χ4n) is 5.44. The molecule has 3 aliphatic rings. The molecule has 2 spiro atoms. The van der Waals surface area contributed by atoms with Crippen molar-refractivity contribution in [2.24, 2.45) is 22.1 Å². The van der Waals surface area contributed by atoms with Crippen molar-refractivity contribution in [2.45, 2.75) is 57.8 Å². The van der Waals surface area contributed by atoms with Crippen molar-refractivity contribution in [3.63, 3.8) is 0 Å². The van der Waals surface area contributed by atoms with Crippen molar-refractivity contribution < 1.29 is 9.57 Å². The second-order valence-corrected chi connectivity index (χ2v) is 10.4. The molecule has 2 heterocycles. The maximum absolute atomic E-state index is 6.74. The smallest absolute Gasteiger partial charge is 0.222 e. The molecule has 1 unspecified atom stereocenters. The SMILES string of the molecule is CN1O[C@@]2(C[C@]3(CCC(C(C)(C)C)C3)Oc3ccc(-c4cccc(N)c4)cc32)N=C1N. The molecule has 4 N–H and O–H groups in total. The van der Waals surface area contributed by atoms with Gasteiger partial charge in [-0.25, -0.2) is 14.9 Å². The fourth-order valence-corrected chi connectivity index (χ4v) is 5.44. The zero-order chi connectivity index (χ0) is 22.0. The van der Waals surface area contributed by atoms with Gasteiger partial charge < -0.3 is 16.2 Å². The summed E-state index contributed by atoms with van der Waals surface area (Å²) in [5.74, 6) is 1.82. The molecule has 0 aromatic heterocycles. The number of aliphatic imine (C=N–C) groups is 1. The van der Waals surface area contributed by atoms with Crippen LogP contribution in [0.2, 0.25) is 0 Å². The van der Waals surface area contributed by atoms with E-state index >= 15 is 0 Å². The van der Waals surface area contributed by atoms with Gasteiger partial charge in [0.15, 0.2) is 0 Å². The van der Waals surface area contributed by atoms with Crippen molar-refractivity contribution in [3.05, 3.63) is 48.0 Å². The molecule has 1 saturated carbocycles. The Bertz CT molecular complexity index is 1060. The highest BCUT2D eigenvalue weighted by molar-refractivity contribution is 5.79. The maximum atomic E-state index is 6.74. The molecule has 1 fully saturated rings. The van der Waals surface area contributed by atoms with E-state index in [-0.39, 0.29) is 11.0 Å². The van der Waals surface area contributed by atoms with Crippen LogP contribution in [-0.4, -0.2) is 23.7 Å². The Labute approximate surface area is 184 Å². The van der Waals surface area contributed by atoms with Crippen LogP contribution in [0.3, 0.4) is 0 Å². The first-order chi connectivity index (χ1) is 14.6. The fraction of sp³-hybridized carbons (Fsp3) is 0.480. The Morgan fingerprint density at radius 3 is 2.52 bits per heavy atom. The van der Waals surface area contributed by atoms with E-state index in [4.69, 9.17) is 26.0 Å². The Kier molecular flexibility index (Phi) is 4.32. The Balaban J connectivity index is 1.60. The van der Waals surface area contributed by atoms with Gasteiger partial charge in [0, 0.05) is 19.2 Å². The van der Waals surface area contributed by atoms with Crippen molar-refractivity contribution in [3.8, 4) is 16.9 Å². The first-order valence-corrected chi connectivity index (χ1v) is 11.1. The third-order valence-corrected chi connectivity index (χ3v) is 7.21. The lowest BCUT2D eigenvalue weighted by molar-refractivity contribution is -0.204. The molecule has 3 atom stereocenters. The van der Waals surface area contributed by atoms with E-state index < -0.39 is 5.72 Å². The number of benzene rings is 2. The molecule has 164 valence electrons. The molecule has 1 aliphatic carbocycles. The van der Waals surface area contributed by atoms with Crippen molar-refractivity contribution in [2.75, 3.05) is 12.8 Å². The summed E-state index contributed by atoms with van der Waals surface area (Å²) in [6.07, 6.45) is 3.79. The molecule has 2 aromatic carbocycles. The summed E-state index contributed by atoms with van der Waals surface area (Å²) in [5, 5.41) is 1.58. The number of rotatable bonds is 1. The summed E-state index contributed by atoms with van der Waals surface area (Å²) in [7, 11) is 1.81. The standard InChI is InChI=1S/C25H32N4O2/c1-23(2,3)18-10-11-24(14-18)15-25(28-22(27)29(4)31-25)20-13-17(8-9-21(20)30-24)16-6-5-7-19(26)12-16/h5-9,12-13,18H,10-11,14-15,26H2,1-4H3,(H2,27,28)/t18?,24-,25-/m1/s1. The number of ether oxygens (including phenoxy) is 1. The van der Waals surface area contributed by atoms with Crippen LogP contribution in [0.25, 0.3) is 11.1 Å². The number of hydrogen-bond acceptors (Lipinski definition) is 6. The minimum Gasteiger partial charge on any atom is -0.487 e. The molecule has 31 heavy (non-hydrogen) atoms. The predicted molar refractivity (Wildman–Crippen MR) is 123 cm³/mol. The van der Waals surface area contributed by atoms with Gasteiger partial charge in [-0.05, 0) is 66.0 Å². The van der Waals surface area contributed by atoms with E-state index in [2.05, 4.69) is 39.0 Å². The van der Waals surface area contributed by atoms with E-state index in [1.807, 2.05) is 31.3 Å². The van der Waals surface area contributed by atoms with E-state index in [1.54, 1.807) is 5.06 Å². The Morgan fingerprint density at radius 1 is 1.10 bits per heavy atom. The summed E-state index contributed by atoms with van der Waals surface area (Å²) in [6.45, 7) is 6.95. The lowest BCUT2D eigenvalue weighted by atomic mass is 9.77. The zero-order valence-electron chi connectivity index (χ0n) is 18.8. The molecule has 6 heteroatoms. The van der Waals surface area contributed by atoms with Gasteiger partial charge >= 0.3 is 0 Å². The second kappa shape index (κ2) is 6.63. The van der Waals surface area contributed by atoms with Gasteiger partial charge in [0.2, 0.25) is 11.7 Å². The second-order valence-electron chi connectivity index (χ2n) is 10.4. The predicted octanol–water partition coefficient (Wildman–Crippen LogP) is 4.65. The van der Waals surface area contributed by atoms with Crippen LogP contribution in [0.15, 0.2) is 47.5 Å². The minimum absolute atomic E-state index is 0.243. The van der Waals surface area contributed by atoms with Gasteiger partial charge in [0.25, 0.3) is 0 Å². The number of guanidine groups is 1. The molecule has 0 amide bonds. The number of nitrogens with two attached hydrogens (primary N) is 2. The minimum atomic E-state index is -0.866. The van der Waals surface area contributed by atoms with Gasteiger partial charge in [0.1, 0.15) is 11.4 Å².